The average molecular weight is 345 g/mol. The average Bonchev–Trinajstić information content (AvgIpc) is 2.61. The Hall–Kier alpha value is -3.29. The molecule has 0 aliphatic rings. The van der Waals surface area contributed by atoms with Gasteiger partial charge in [0.2, 0.25) is 5.91 Å². The smallest absolute Gasteiger partial charge is 0.326 e. The van der Waals surface area contributed by atoms with Crippen LogP contribution in [-0.2, 0) is 11.3 Å². The molecule has 3 N–H and O–H groups in total. The van der Waals surface area contributed by atoms with E-state index in [1.54, 1.807) is 26.2 Å². The van der Waals surface area contributed by atoms with E-state index in [1.807, 2.05) is 6.07 Å². The first-order valence-electron chi connectivity index (χ1n) is 7.44. The number of aromatic nitrogens is 2. The van der Waals surface area contributed by atoms with E-state index in [0.717, 1.165) is 5.56 Å². The maximum Gasteiger partial charge on any atom is 0.326 e. The van der Waals surface area contributed by atoms with Crippen molar-refractivity contribution in [3.05, 3.63) is 61.9 Å². The van der Waals surface area contributed by atoms with Crippen LogP contribution in [0.4, 0.5) is 0 Å². The Morgan fingerprint density at radius 2 is 1.88 bits per heavy atom. The van der Waals surface area contributed by atoms with Gasteiger partial charge in [-0.3, -0.25) is 14.6 Å². The molecular weight excluding hydrogens is 326 g/mol. The lowest BCUT2D eigenvalue weighted by molar-refractivity contribution is -0.116. The van der Waals surface area contributed by atoms with Gasteiger partial charge in [0.05, 0.1) is 19.9 Å². The number of ether oxygens (including phenoxy) is 2. The van der Waals surface area contributed by atoms with Gasteiger partial charge in [-0.2, -0.15) is 0 Å². The first kappa shape index (κ1) is 18.1. The van der Waals surface area contributed by atoms with Gasteiger partial charge < -0.3 is 19.8 Å². The van der Waals surface area contributed by atoms with E-state index in [9.17, 15) is 14.4 Å². The highest BCUT2D eigenvalue weighted by molar-refractivity contribution is 5.91. The van der Waals surface area contributed by atoms with Gasteiger partial charge in [0, 0.05) is 18.2 Å². The van der Waals surface area contributed by atoms with Gasteiger partial charge >= 0.3 is 5.69 Å². The molecule has 2 rings (SSSR count). The van der Waals surface area contributed by atoms with Crippen LogP contribution in [0.5, 0.6) is 11.5 Å². The van der Waals surface area contributed by atoms with Gasteiger partial charge in [-0.15, -0.1) is 0 Å². The minimum absolute atomic E-state index is 0.286. The number of nitrogens with one attached hydrogen (secondary N) is 3. The maximum atomic E-state index is 11.9. The van der Waals surface area contributed by atoms with Crippen LogP contribution in [0.25, 0.3) is 6.08 Å². The molecule has 0 spiro atoms. The van der Waals surface area contributed by atoms with Crippen LogP contribution in [0.15, 0.2) is 33.9 Å². The van der Waals surface area contributed by atoms with Gasteiger partial charge in [-0.1, -0.05) is 6.07 Å². The fourth-order valence-corrected chi connectivity index (χ4v) is 2.13. The van der Waals surface area contributed by atoms with Crippen LogP contribution in [0.3, 0.4) is 0 Å². The normalized spacial score (nSPS) is 10.7. The van der Waals surface area contributed by atoms with E-state index in [1.165, 1.54) is 19.3 Å². The summed E-state index contributed by atoms with van der Waals surface area (Å²) in [4.78, 5) is 39.3. The molecule has 1 aromatic heterocycles. The Morgan fingerprint density at radius 3 is 2.56 bits per heavy atom. The zero-order chi connectivity index (χ0) is 18.4. The molecule has 1 amide bonds. The number of H-pyrrole nitrogens is 2. The lowest BCUT2D eigenvalue weighted by atomic mass is 10.2. The minimum atomic E-state index is -0.624. The number of benzene rings is 1. The monoisotopic (exact) mass is 345 g/mol. The van der Waals surface area contributed by atoms with E-state index in [-0.39, 0.29) is 18.1 Å². The molecule has 1 heterocycles. The Bertz CT molecular complexity index is 911. The maximum absolute atomic E-state index is 11.9. The second kappa shape index (κ2) is 8.00. The van der Waals surface area contributed by atoms with Crippen LogP contribution in [0.1, 0.15) is 16.8 Å². The summed E-state index contributed by atoms with van der Waals surface area (Å²) >= 11 is 0. The van der Waals surface area contributed by atoms with Gasteiger partial charge in [-0.25, -0.2) is 4.79 Å². The van der Waals surface area contributed by atoms with Crippen molar-refractivity contribution in [3.63, 3.8) is 0 Å². The minimum Gasteiger partial charge on any atom is -0.493 e. The summed E-state index contributed by atoms with van der Waals surface area (Å²) in [5, 5.41) is 2.71. The zero-order valence-electron chi connectivity index (χ0n) is 14.1. The first-order valence-corrected chi connectivity index (χ1v) is 7.44. The van der Waals surface area contributed by atoms with Crippen LogP contribution in [-0.4, -0.2) is 30.1 Å². The number of hydrogen-bond donors (Lipinski definition) is 3. The topological polar surface area (TPSA) is 113 Å². The Morgan fingerprint density at radius 1 is 1.16 bits per heavy atom. The second-order valence-electron chi connectivity index (χ2n) is 5.19. The van der Waals surface area contributed by atoms with Crippen LogP contribution >= 0.6 is 0 Å². The third-order valence-corrected chi connectivity index (χ3v) is 3.54. The van der Waals surface area contributed by atoms with Crippen molar-refractivity contribution in [2.24, 2.45) is 0 Å². The predicted molar refractivity (Wildman–Crippen MR) is 92.8 cm³/mol. The van der Waals surface area contributed by atoms with Crippen molar-refractivity contribution in [2.45, 2.75) is 13.5 Å². The highest BCUT2D eigenvalue weighted by Crippen LogP contribution is 2.27. The van der Waals surface area contributed by atoms with E-state index in [4.69, 9.17) is 9.47 Å². The molecule has 1 aromatic carbocycles. The van der Waals surface area contributed by atoms with Crippen LogP contribution < -0.4 is 26.0 Å². The summed E-state index contributed by atoms with van der Waals surface area (Å²) in [6.45, 7) is 1.84. The van der Waals surface area contributed by atoms with Gasteiger partial charge in [0.15, 0.2) is 11.5 Å². The molecule has 0 saturated carbocycles. The van der Waals surface area contributed by atoms with Crippen LogP contribution in [0.2, 0.25) is 0 Å². The molecule has 0 aliphatic heterocycles. The summed E-state index contributed by atoms with van der Waals surface area (Å²) in [6, 6.07) is 5.32. The number of aromatic amines is 2. The number of rotatable bonds is 6. The molecule has 8 nitrogen and oxygen atoms in total. The number of carbonyl (C=O) groups is 1. The summed E-state index contributed by atoms with van der Waals surface area (Å²) in [5.74, 6) is 0.808. The van der Waals surface area contributed by atoms with E-state index < -0.39 is 11.2 Å². The quantitative estimate of drug-likeness (QED) is 0.668. The lowest BCUT2D eigenvalue weighted by Gasteiger charge is -2.09. The first-order chi connectivity index (χ1) is 11.9. The molecule has 0 bridgehead atoms. The second-order valence-corrected chi connectivity index (χ2v) is 5.19. The molecule has 0 unspecified atom stereocenters. The molecule has 132 valence electrons. The third-order valence-electron chi connectivity index (χ3n) is 3.54. The fraction of sp³-hybridized carbons (Fsp3) is 0.235. The van der Waals surface area contributed by atoms with Gasteiger partial charge in [0.25, 0.3) is 5.56 Å². The van der Waals surface area contributed by atoms with Crippen molar-refractivity contribution in [1.82, 2.24) is 15.3 Å². The fourth-order valence-electron chi connectivity index (χ4n) is 2.13. The molecular formula is C17H19N3O5. The Labute approximate surface area is 143 Å². The largest absolute Gasteiger partial charge is 0.493 e. The molecule has 0 atom stereocenters. The predicted octanol–water partition coefficient (Wildman–Crippen LogP) is 0.718. The molecule has 0 saturated heterocycles. The lowest BCUT2D eigenvalue weighted by Crippen LogP contribution is -2.25. The summed E-state index contributed by atoms with van der Waals surface area (Å²) in [7, 11) is 3.08. The number of methoxy groups -OCH3 is 2. The molecule has 8 heteroatoms. The van der Waals surface area contributed by atoms with Crippen molar-refractivity contribution in [2.75, 3.05) is 14.2 Å². The van der Waals surface area contributed by atoms with Crippen LogP contribution in [0, 0.1) is 6.92 Å². The summed E-state index contributed by atoms with van der Waals surface area (Å²) < 4.78 is 10.4. The molecule has 2 aromatic rings. The van der Waals surface area contributed by atoms with Gasteiger partial charge in [0.1, 0.15) is 0 Å². The third kappa shape index (κ3) is 4.60. The SMILES string of the molecule is COc1ccc(CNC(=O)/C=C/c2[nH]c(=O)[nH]c(=O)c2C)cc1OC. The zero-order valence-corrected chi connectivity index (χ0v) is 14.1. The summed E-state index contributed by atoms with van der Waals surface area (Å²) in [6.07, 6.45) is 2.63. The Kier molecular flexibility index (Phi) is 5.78. The molecule has 25 heavy (non-hydrogen) atoms. The highest BCUT2D eigenvalue weighted by atomic mass is 16.5. The number of amides is 1. The molecule has 0 radical (unpaired) electrons. The van der Waals surface area contributed by atoms with Crippen molar-refractivity contribution in [3.8, 4) is 11.5 Å². The van der Waals surface area contributed by atoms with Gasteiger partial charge in [-0.05, 0) is 30.7 Å². The Balaban J connectivity index is 2.04. The molecule has 0 fully saturated rings. The summed E-state index contributed by atoms with van der Waals surface area (Å²) in [5.41, 5.74) is 0.328. The van der Waals surface area contributed by atoms with Crippen molar-refractivity contribution >= 4 is 12.0 Å². The molecule has 0 aliphatic carbocycles. The number of hydrogen-bond acceptors (Lipinski definition) is 5. The van der Waals surface area contributed by atoms with E-state index in [0.29, 0.717) is 17.1 Å². The van der Waals surface area contributed by atoms with E-state index in [2.05, 4.69) is 15.3 Å². The highest BCUT2D eigenvalue weighted by Gasteiger charge is 2.06. The standard InChI is InChI=1S/C17H19N3O5/c1-10-12(19-17(23)20-16(10)22)5-7-15(21)18-9-11-4-6-13(24-2)14(8-11)25-3/h4-8H,9H2,1-3H3,(H,18,21)(H2,19,20,22,23)/b7-5+. The van der Waals surface area contributed by atoms with Crippen molar-refractivity contribution in [1.29, 1.82) is 0 Å². The van der Waals surface area contributed by atoms with Crippen molar-refractivity contribution < 1.29 is 14.3 Å². The number of carbonyl (C=O) groups excluding carboxylic acids is 1. The van der Waals surface area contributed by atoms with E-state index >= 15 is 0 Å².